The number of hydrogen-bond acceptors (Lipinski definition) is 4. The minimum atomic E-state index is -0.514. The molecule has 0 aliphatic carbocycles. The Hall–Kier alpha value is -1.01. The Morgan fingerprint density at radius 2 is 1.67 bits per heavy atom. The molecule has 0 bridgehead atoms. The molecule has 27 heavy (non-hydrogen) atoms. The van der Waals surface area contributed by atoms with Gasteiger partial charge in [0.1, 0.15) is 22.4 Å². The number of anilines is 1. The number of rotatable bonds is 4. The molecule has 1 heterocycles. The van der Waals surface area contributed by atoms with Crippen LogP contribution in [0.5, 0.6) is 5.75 Å². The second-order valence-electron chi connectivity index (χ2n) is 6.99. The predicted octanol–water partition coefficient (Wildman–Crippen LogP) is 5.75. The van der Waals surface area contributed by atoms with E-state index in [9.17, 15) is 4.79 Å². The minimum absolute atomic E-state index is 0.131. The lowest BCUT2D eigenvalue weighted by molar-refractivity contribution is 0.0240. The molecule has 9 heteroatoms. The summed E-state index contributed by atoms with van der Waals surface area (Å²) in [4.78, 5) is 15.9. The first-order chi connectivity index (χ1) is 12.6. The number of hydrogen-bond donors (Lipinski definition) is 0. The van der Waals surface area contributed by atoms with Crippen LogP contribution in [-0.4, -0.2) is 49.4 Å². The van der Waals surface area contributed by atoms with Gasteiger partial charge >= 0.3 is 6.09 Å². The van der Waals surface area contributed by atoms with Gasteiger partial charge in [-0.05, 0) is 26.8 Å². The summed E-state index contributed by atoms with van der Waals surface area (Å²) in [5, 5.41) is 0.952. The van der Waals surface area contributed by atoms with Crippen molar-refractivity contribution in [1.82, 2.24) is 4.90 Å². The lowest BCUT2D eigenvalue weighted by Gasteiger charge is -2.37. The van der Waals surface area contributed by atoms with Crippen molar-refractivity contribution >= 4 is 58.2 Å². The highest BCUT2D eigenvalue weighted by Gasteiger charge is 2.27. The predicted molar refractivity (Wildman–Crippen MR) is 112 cm³/mol. The monoisotopic (exact) mass is 454 g/mol. The average Bonchev–Trinajstić information content (AvgIpc) is 2.53. The van der Waals surface area contributed by atoms with Crippen LogP contribution in [0.15, 0.2) is 22.7 Å². The summed E-state index contributed by atoms with van der Waals surface area (Å²) in [5.74, 6) is 0.520. The Balaban J connectivity index is 2.01. The molecular weight excluding hydrogens is 434 g/mol. The number of benzene rings is 1. The largest absolute Gasteiger partial charge is 0.489 e. The summed E-state index contributed by atoms with van der Waals surface area (Å²) in [7, 11) is 0. The molecule has 0 spiro atoms. The fraction of sp³-hybridized carbons (Fsp3) is 0.500. The molecule has 0 aromatic heterocycles. The zero-order chi connectivity index (χ0) is 20.2. The van der Waals surface area contributed by atoms with Crippen molar-refractivity contribution < 1.29 is 14.3 Å². The van der Waals surface area contributed by atoms with Crippen molar-refractivity contribution in [3.63, 3.8) is 0 Å². The molecule has 1 fully saturated rings. The first-order valence-electron chi connectivity index (χ1n) is 8.42. The maximum atomic E-state index is 12.2. The van der Waals surface area contributed by atoms with Gasteiger partial charge in [-0.2, -0.15) is 0 Å². The van der Waals surface area contributed by atoms with E-state index in [0.29, 0.717) is 42.0 Å². The molecule has 1 aliphatic heterocycles. The third kappa shape index (κ3) is 6.83. The lowest BCUT2D eigenvalue weighted by Crippen LogP contribution is -2.50. The van der Waals surface area contributed by atoms with E-state index in [1.54, 1.807) is 17.0 Å². The molecule has 0 N–H and O–H groups in total. The van der Waals surface area contributed by atoms with Crippen LogP contribution in [0.1, 0.15) is 20.8 Å². The average molecular weight is 456 g/mol. The Morgan fingerprint density at radius 1 is 1.11 bits per heavy atom. The van der Waals surface area contributed by atoms with Gasteiger partial charge in [0.2, 0.25) is 0 Å². The normalized spacial score (nSPS) is 14.8. The van der Waals surface area contributed by atoms with Gasteiger partial charge in [0.05, 0.1) is 15.7 Å². The highest BCUT2D eigenvalue weighted by Crippen LogP contribution is 2.38. The van der Waals surface area contributed by atoms with Crippen molar-refractivity contribution in [2.24, 2.45) is 0 Å². The first-order valence-corrected chi connectivity index (χ1v) is 9.94. The molecular formula is C18H22Cl4N2O3. The standard InChI is InChI=1S/C18H22Cl4N2O3/c1-18(2,3)27-17(25)24-7-5-23(6-8-24)16-13(19)10-12(11-14(16)20)26-9-4-15(21)22/h4,10-11H,5-9H2,1-3H3. The summed E-state index contributed by atoms with van der Waals surface area (Å²) in [6.07, 6.45) is 1.21. The van der Waals surface area contributed by atoms with E-state index in [4.69, 9.17) is 55.9 Å². The molecule has 0 radical (unpaired) electrons. The number of amides is 1. The molecule has 5 nitrogen and oxygen atoms in total. The molecule has 0 atom stereocenters. The molecule has 0 saturated carbocycles. The number of piperazine rings is 1. The van der Waals surface area contributed by atoms with Crippen LogP contribution >= 0.6 is 46.4 Å². The van der Waals surface area contributed by atoms with Crippen LogP contribution in [0.3, 0.4) is 0 Å². The Kier molecular flexibility index (Phi) is 7.81. The Morgan fingerprint density at radius 3 is 2.15 bits per heavy atom. The van der Waals surface area contributed by atoms with Crippen LogP contribution in [0.25, 0.3) is 0 Å². The topological polar surface area (TPSA) is 42.0 Å². The molecule has 2 rings (SSSR count). The van der Waals surface area contributed by atoms with Crippen LogP contribution in [0, 0.1) is 0 Å². The molecule has 1 aliphatic rings. The molecule has 1 aromatic rings. The van der Waals surface area contributed by atoms with Gasteiger partial charge in [-0.25, -0.2) is 4.79 Å². The number of ether oxygens (including phenoxy) is 2. The van der Waals surface area contributed by atoms with Gasteiger partial charge in [0, 0.05) is 38.3 Å². The number of nitrogens with zero attached hydrogens (tertiary/aromatic N) is 2. The zero-order valence-electron chi connectivity index (χ0n) is 15.4. The summed E-state index contributed by atoms with van der Waals surface area (Å²) in [5.41, 5.74) is 0.208. The van der Waals surface area contributed by atoms with E-state index >= 15 is 0 Å². The summed E-state index contributed by atoms with van der Waals surface area (Å²) in [6, 6.07) is 3.39. The van der Waals surface area contributed by atoms with Crippen LogP contribution in [-0.2, 0) is 4.74 Å². The maximum absolute atomic E-state index is 12.2. The van der Waals surface area contributed by atoms with Crippen LogP contribution in [0.4, 0.5) is 10.5 Å². The van der Waals surface area contributed by atoms with Crippen molar-refractivity contribution in [2.45, 2.75) is 26.4 Å². The van der Waals surface area contributed by atoms with E-state index in [-0.39, 0.29) is 17.2 Å². The van der Waals surface area contributed by atoms with Gasteiger partial charge in [-0.15, -0.1) is 0 Å². The van der Waals surface area contributed by atoms with Crippen LogP contribution < -0.4 is 9.64 Å². The van der Waals surface area contributed by atoms with Gasteiger partial charge in [-0.3, -0.25) is 0 Å². The molecule has 150 valence electrons. The fourth-order valence-corrected chi connectivity index (χ4v) is 3.40. The van der Waals surface area contributed by atoms with Gasteiger partial charge in [0.25, 0.3) is 0 Å². The minimum Gasteiger partial charge on any atom is -0.489 e. The SMILES string of the molecule is CC(C)(C)OC(=O)N1CCN(c2c(Cl)cc(OCC=C(Cl)Cl)cc2Cl)CC1. The molecule has 1 aromatic carbocycles. The summed E-state index contributed by atoms with van der Waals surface area (Å²) < 4.78 is 11.1. The van der Waals surface area contributed by atoms with Crippen molar-refractivity contribution in [3.05, 3.63) is 32.7 Å². The molecule has 1 amide bonds. The van der Waals surface area contributed by atoms with E-state index in [1.807, 2.05) is 25.7 Å². The zero-order valence-corrected chi connectivity index (χ0v) is 18.4. The third-order valence-electron chi connectivity index (χ3n) is 3.73. The van der Waals surface area contributed by atoms with Gasteiger partial charge < -0.3 is 19.3 Å². The number of halogens is 4. The number of carbonyl (C=O) groups excluding carboxylic acids is 1. The lowest BCUT2D eigenvalue weighted by atomic mass is 10.2. The molecule has 1 saturated heterocycles. The number of carbonyl (C=O) groups is 1. The summed E-state index contributed by atoms with van der Waals surface area (Å²) >= 11 is 23.9. The smallest absolute Gasteiger partial charge is 0.410 e. The van der Waals surface area contributed by atoms with E-state index < -0.39 is 5.60 Å². The maximum Gasteiger partial charge on any atom is 0.410 e. The first kappa shape index (κ1) is 22.3. The quantitative estimate of drug-likeness (QED) is 0.579. The third-order valence-corrected chi connectivity index (χ3v) is 4.61. The summed E-state index contributed by atoms with van der Waals surface area (Å²) in [6.45, 7) is 8.01. The van der Waals surface area contributed by atoms with E-state index in [1.165, 1.54) is 6.08 Å². The highest BCUT2D eigenvalue weighted by molar-refractivity contribution is 6.55. The van der Waals surface area contributed by atoms with Crippen molar-refractivity contribution in [3.8, 4) is 5.75 Å². The fourth-order valence-electron chi connectivity index (χ4n) is 2.57. The van der Waals surface area contributed by atoms with Crippen molar-refractivity contribution in [2.75, 3.05) is 37.7 Å². The highest BCUT2D eigenvalue weighted by atomic mass is 35.5. The van der Waals surface area contributed by atoms with E-state index in [0.717, 1.165) is 5.69 Å². The van der Waals surface area contributed by atoms with Gasteiger partial charge in [-0.1, -0.05) is 46.4 Å². The Labute approximate surface area is 179 Å². The second-order valence-corrected chi connectivity index (χ2v) is 8.82. The second kappa shape index (κ2) is 9.46. The Bertz CT molecular complexity index is 684. The molecule has 0 unspecified atom stereocenters. The van der Waals surface area contributed by atoms with E-state index in [2.05, 4.69) is 0 Å². The van der Waals surface area contributed by atoms with Gasteiger partial charge in [0.15, 0.2) is 0 Å². The van der Waals surface area contributed by atoms with Crippen LogP contribution in [0.2, 0.25) is 10.0 Å². The van der Waals surface area contributed by atoms with Crippen molar-refractivity contribution in [1.29, 1.82) is 0 Å².